The molecule has 4 nitrogen and oxygen atoms in total. The standard InChI is InChI=1S/C19H22N2O2/c1-13-4-6-18-17(10-13)15(11-20-18)5-7-19(22)21(3)12-16-8-9-23-14(16)2/h4,6,8-11,20H,5,7,12H2,1-3H3. The fourth-order valence-electron chi connectivity index (χ4n) is 2.85. The number of fused-ring (bicyclic) bond motifs is 1. The van der Waals surface area contributed by atoms with Crippen LogP contribution >= 0.6 is 0 Å². The summed E-state index contributed by atoms with van der Waals surface area (Å²) in [4.78, 5) is 17.4. The Bertz CT molecular complexity index is 829. The first kappa shape index (κ1) is 15.4. The maximum absolute atomic E-state index is 12.4. The van der Waals surface area contributed by atoms with Gasteiger partial charge in [0.1, 0.15) is 5.76 Å². The average Bonchev–Trinajstić information content (AvgIpc) is 3.11. The molecule has 3 aromatic rings. The highest BCUT2D eigenvalue weighted by atomic mass is 16.3. The third-order valence-electron chi connectivity index (χ3n) is 4.33. The van der Waals surface area contributed by atoms with Crippen molar-refractivity contribution in [3.8, 4) is 0 Å². The summed E-state index contributed by atoms with van der Waals surface area (Å²) >= 11 is 0. The zero-order chi connectivity index (χ0) is 16.4. The topological polar surface area (TPSA) is 49.2 Å². The van der Waals surface area contributed by atoms with Gasteiger partial charge in [-0.2, -0.15) is 0 Å². The van der Waals surface area contributed by atoms with Crippen LogP contribution in [0.1, 0.15) is 28.9 Å². The number of benzene rings is 1. The summed E-state index contributed by atoms with van der Waals surface area (Å²) in [5.41, 5.74) is 4.62. The van der Waals surface area contributed by atoms with E-state index in [1.54, 1.807) is 11.2 Å². The summed E-state index contributed by atoms with van der Waals surface area (Å²) in [6.07, 6.45) is 4.93. The maximum atomic E-state index is 12.4. The first-order valence-electron chi connectivity index (χ1n) is 7.88. The molecule has 0 unspecified atom stereocenters. The molecule has 2 aromatic heterocycles. The second-order valence-corrected chi connectivity index (χ2v) is 6.11. The highest BCUT2D eigenvalue weighted by molar-refractivity contribution is 5.84. The van der Waals surface area contributed by atoms with Crippen molar-refractivity contribution in [3.05, 3.63) is 59.2 Å². The molecule has 0 spiro atoms. The highest BCUT2D eigenvalue weighted by Crippen LogP contribution is 2.21. The van der Waals surface area contributed by atoms with E-state index in [9.17, 15) is 4.79 Å². The lowest BCUT2D eigenvalue weighted by molar-refractivity contribution is -0.130. The summed E-state index contributed by atoms with van der Waals surface area (Å²) in [6.45, 7) is 4.60. The molecule has 120 valence electrons. The minimum Gasteiger partial charge on any atom is -0.469 e. The predicted molar refractivity (Wildman–Crippen MR) is 91.3 cm³/mol. The van der Waals surface area contributed by atoms with Crippen molar-refractivity contribution in [2.24, 2.45) is 0 Å². The number of amides is 1. The van der Waals surface area contributed by atoms with E-state index in [0.717, 1.165) is 23.3 Å². The van der Waals surface area contributed by atoms with E-state index in [4.69, 9.17) is 4.42 Å². The molecule has 0 aliphatic heterocycles. The summed E-state index contributed by atoms with van der Waals surface area (Å²) in [6, 6.07) is 8.27. The minimum atomic E-state index is 0.146. The molecule has 0 saturated heterocycles. The normalized spacial score (nSPS) is 11.1. The van der Waals surface area contributed by atoms with Crippen LogP contribution in [0.25, 0.3) is 10.9 Å². The molecule has 0 bridgehead atoms. The molecule has 2 heterocycles. The van der Waals surface area contributed by atoms with Crippen LogP contribution in [0.5, 0.6) is 0 Å². The van der Waals surface area contributed by atoms with Crippen LogP contribution < -0.4 is 0 Å². The van der Waals surface area contributed by atoms with Crippen LogP contribution in [0.2, 0.25) is 0 Å². The van der Waals surface area contributed by atoms with E-state index in [-0.39, 0.29) is 5.91 Å². The Balaban J connectivity index is 1.63. The van der Waals surface area contributed by atoms with Gasteiger partial charge in [-0.15, -0.1) is 0 Å². The summed E-state index contributed by atoms with van der Waals surface area (Å²) in [7, 11) is 1.84. The van der Waals surface area contributed by atoms with Crippen molar-refractivity contribution < 1.29 is 9.21 Å². The molecule has 3 rings (SSSR count). The van der Waals surface area contributed by atoms with Gasteiger partial charge in [0.25, 0.3) is 0 Å². The van der Waals surface area contributed by atoms with Crippen molar-refractivity contribution in [2.75, 3.05) is 7.05 Å². The van der Waals surface area contributed by atoms with Crippen molar-refractivity contribution in [1.82, 2.24) is 9.88 Å². The van der Waals surface area contributed by atoms with E-state index in [2.05, 4.69) is 30.1 Å². The molecule has 0 aliphatic rings. The van der Waals surface area contributed by atoms with Crippen molar-refractivity contribution in [1.29, 1.82) is 0 Å². The van der Waals surface area contributed by atoms with E-state index in [1.165, 1.54) is 16.5 Å². The molecule has 0 radical (unpaired) electrons. The Hall–Kier alpha value is -2.49. The van der Waals surface area contributed by atoms with Gasteiger partial charge in [0.15, 0.2) is 0 Å². The molecular weight excluding hydrogens is 288 g/mol. The first-order valence-corrected chi connectivity index (χ1v) is 7.88. The lowest BCUT2D eigenvalue weighted by Gasteiger charge is -2.16. The number of nitrogens with one attached hydrogen (secondary N) is 1. The van der Waals surface area contributed by atoms with Crippen LogP contribution in [0, 0.1) is 13.8 Å². The third-order valence-corrected chi connectivity index (χ3v) is 4.33. The van der Waals surface area contributed by atoms with Crippen LogP contribution in [0.4, 0.5) is 0 Å². The quantitative estimate of drug-likeness (QED) is 0.775. The van der Waals surface area contributed by atoms with Gasteiger partial charge < -0.3 is 14.3 Å². The van der Waals surface area contributed by atoms with Gasteiger partial charge in [-0.05, 0) is 44.0 Å². The second-order valence-electron chi connectivity index (χ2n) is 6.11. The Morgan fingerprint density at radius 2 is 2.04 bits per heavy atom. The lowest BCUT2D eigenvalue weighted by atomic mass is 10.1. The van der Waals surface area contributed by atoms with E-state index >= 15 is 0 Å². The fourth-order valence-corrected chi connectivity index (χ4v) is 2.85. The van der Waals surface area contributed by atoms with Gasteiger partial charge >= 0.3 is 0 Å². The Morgan fingerprint density at radius 3 is 2.78 bits per heavy atom. The average molecular weight is 310 g/mol. The molecule has 0 saturated carbocycles. The third kappa shape index (κ3) is 3.31. The number of carbonyl (C=O) groups excluding carboxylic acids is 1. The number of aryl methyl sites for hydroxylation is 3. The molecular formula is C19H22N2O2. The number of rotatable bonds is 5. The monoisotopic (exact) mass is 310 g/mol. The number of carbonyl (C=O) groups is 1. The van der Waals surface area contributed by atoms with Crippen molar-refractivity contribution >= 4 is 16.8 Å². The smallest absolute Gasteiger partial charge is 0.222 e. The van der Waals surface area contributed by atoms with Gasteiger partial charge in [0.05, 0.1) is 6.26 Å². The molecule has 1 amide bonds. The van der Waals surface area contributed by atoms with Crippen LogP contribution in [-0.4, -0.2) is 22.8 Å². The summed E-state index contributed by atoms with van der Waals surface area (Å²) in [5, 5.41) is 1.21. The SMILES string of the molecule is Cc1ccc2[nH]cc(CCC(=O)N(C)Cc3ccoc3C)c2c1. The van der Waals surface area contributed by atoms with E-state index in [0.29, 0.717) is 13.0 Å². The number of aromatic nitrogens is 1. The molecule has 4 heteroatoms. The number of furan rings is 1. The number of H-pyrrole nitrogens is 1. The maximum Gasteiger partial charge on any atom is 0.222 e. The number of nitrogens with zero attached hydrogens (tertiary/aromatic N) is 1. The Labute approximate surface area is 136 Å². The molecule has 0 aliphatic carbocycles. The molecule has 0 fully saturated rings. The molecule has 1 aromatic carbocycles. The van der Waals surface area contributed by atoms with Crippen molar-refractivity contribution in [2.45, 2.75) is 33.2 Å². The summed E-state index contributed by atoms with van der Waals surface area (Å²) < 4.78 is 5.28. The molecule has 1 N–H and O–H groups in total. The van der Waals surface area contributed by atoms with Gasteiger partial charge in [0, 0.05) is 42.7 Å². The molecule has 0 atom stereocenters. The summed E-state index contributed by atoms with van der Waals surface area (Å²) in [5.74, 6) is 1.02. The number of hydrogen-bond acceptors (Lipinski definition) is 2. The van der Waals surface area contributed by atoms with Gasteiger partial charge in [0.2, 0.25) is 5.91 Å². The number of aromatic amines is 1. The van der Waals surface area contributed by atoms with E-state index in [1.807, 2.05) is 26.2 Å². The highest BCUT2D eigenvalue weighted by Gasteiger charge is 2.13. The molecule has 23 heavy (non-hydrogen) atoms. The van der Waals surface area contributed by atoms with Gasteiger partial charge in [-0.25, -0.2) is 0 Å². The Kier molecular flexibility index (Phi) is 4.24. The van der Waals surface area contributed by atoms with Gasteiger partial charge in [-0.1, -0.05) is 11.6 Å². The lowest BCUT2D eigenvalue weighted by Crippen LogP contribution is -2.26. The second kappa shape index (κ2) is 6.32. The Morgan fingerprint density at radius 1 is 1.22 bits per heavy atom. The van der Waals surface area contributed by atoms with Crippen LogP contribution in [-0.2, 0) is 17.8 Å². The van der Waals surface area contributed by atoms with Gasteiger partial charge in [-0.3, -0.25) is 4.79 Å². The number of hydrogen-bond donors (Lipinski definition) is 1. The predicted octanol–water partition coefficient (Wildman–Crippen LogP) is 3.97. The fraction of sp³-hybridized carbons (Fsp3) is 0.316. The minimum absolute atomic E-state index is 0.146. The van der Waals surface area contributed by atoms with Crippen LogP contribution in [0.15, 0.2) is 41.1 Å². The largest absolute Gasteiger partial charge is 0.469 e. The zero-order valence-electron chi connectivity index (χ0n) is 13.8. The first-order chi connectivity index (χ1) is 11.0. The van der Waals surface area contributed by atoms with Crippen LogP contribution in [0.3, 0.4) is 0 Å². The zero-order valence-corrected chi connectivity index (χ0v) is 13.8. The van der Waals surface area contributed by atoms with E-state index < -0.39 is 0 Å². The van der Waals surface area contributed by atoms with Crippen molar-refractivity contribution in [3.63, 3.8) is 0 Å².